The summed E-state index contributed by atoms with van der Waals surface area (Å²) in [4.78, 5) is 12.9. The Labute approximate surface area is 205 Å². The molecule has 0 N–H and O–H groups in total. The molecular formula is C26H26O7S2. The highest BCUT2D eigenvalue weighted by atomic mass is 32.2. The molecule has 0 aromatic heterocycles. The molecule has 0 radical (unpaired) electrons. The second kappa shape index (κ2) is 10.2. The molecule has 0 saturated carbocycles. The third-order valence-electron chi connectivity index (χ3n) is 5.81. The van der Waals surface area contributed by atoms with E-state index < -0.39 is 36.6 Å². The van der Waals surface area contributed by atoms with Crippen molar-refractivity contribution in [2.24, 2.45) is 0 Å². The minimum atomic E-state index is -4.09. The van der Waals surface area contributed by atoms with E-state index in [-0.39, 0.29) is 39.9 Å². The number of esters is 1. The van der Waals surface area contributed by atoms with Crippen molar-refractivity contribution in [3.05, 3.63) is 89.5 Å². The average molecular weight is 515 g/mol. The van der Waals surface area contributed by atoms with Crippen LogP contribution in [0.25, 0.3) is 0 Å². The summed E-state index contributed by atoms with van der Waals surface area (Å²) < 4.78 is 64.4. The Bertz CT molecular complexity index is 1420. The number of rotatable bonds is 9. The molecule has 3 aromatic rings. The first-order chi connectivity index (χ1) is 16.8. The lowest BCUT2D eigenvalue weighted by molar-refractivity contribution is 0.0467. The van der Waals surface area contributed by atoms with E-state index >= 15 is 0 Å². The van der Waals surface area contributed by atoms with Crippen LogP contribution in [0.1, 0.15) is 46.5 Å². The fourth-order valence-electron chi connectivity index (χ4n) is 3.98. The van der Waals surface area contributed by atoms with Crippen LogP contribution < -0.4 is 4.74 Å². The van der Waals surface area contributed by atoms with Gasteiger partial charge in [0.1, 0.15) is 23.2 Å². The molecule has 0 spiro atoms. The van der Waals surface area contributed by atoms with Crippen molar-refractivity contribution < 1.29 is 31.1 Å². The molecule has 4 rings (SSSR count). The fourth-order valence-corrected chi connectivity index (χ4v) is 8.31. The number of benzene rings is 3. The zero-order valence-electron chi connectivity index (χ0n) is 19.2. The lowest BCUT2D eigenvalue weighted by Gasteiger charge is -2.19. The Kier molecular flexibility index (Phi) is 7.28. The quantitative estimate of drug-likeness (QED) is 0.305. The molecule has 0 aliphatic carbocycles. The van der Waals surface area contributed by atoms with Gasteiger partial charge in [0.2, 0.25) is 0 Å². The topological polar surface area (TPSA) is 104 Å². The standard InChI is InChI=1S/C26H26O7S2/c1-2-3-16-32-25-21(26(27)33-17-19-10-6-4-7-11-19)14-15-22-24(25)23(18-34(22,28)29)35(30,31)20-12-8-5-9-13-20/h4-15,23H,2-3,16-18H2,1H3. The van der Waals surface area contributed by atoms with Crippen molar-refractivity contribution in [1.82, 2.24) is 0 Å². The molecule has 0 saturated heterocycles. The summed E-state index contributed by atoms with van der Waals surface area (Å²) in [5, 5.41) is -1.40. The van der Waals surface area contributed by atoms with Gasteiger partial charge in [-0.1, -0.05) is 61.9 Å². The molecule has 1 aliphatic rings. The zero-order valence-corrected chi connectivity index (χ0v) is 20.8. The number of fused-ring (bicyclic) bond motifs is 1. The molecule has 0 amide bonds. The highest BCUT2D eigenvalue weighted by Crippen LogP contribution is 2.47. The number of unbranched alkanes of at least 4 members (excludes halogenated alkanes) is 1. The Morgan fingerprint density at radius 1 is 0.971 bits per heavy atom. The normalized spacial score (nSPS) is 16.4. The molecule has 35 heavy (non-hydrogen) atoms. The van der Waals surface area contributed by atoms with Crippen molar-refractivity contribution in [3.8, 4) is 5.75 Å². The SMILES string of the molecule is CCCCOc1c(C(=O)OCc2ccccc2)ccc2c1C(S(=O)(=O)c1ccccc1)CS2(=O)=O. The van der Waals surface area contributed by atoms with Gasteiger partial charge in [0.15, 0.2) is 19.7 Å². The van der Waals surface area contributed by atoms with Gasteiger partial charge in [-0.2, -0.15) is 0 Å². The molecule has 1 aliphatic heterocycles. The highest BCUT2D eigenvalue weighted by molar-refractivity contribution is 7.96. The van der Waals surface area contributed by atoms with Crippen molar-refractivity contribution >= 4 is 25.6 Å². The highest BCUT2D eigenvalue weighted by Gasteiger charge is 2.46. The fraction of sp³-hybridized carbons (Fsp3) is 0.269. The van der Waals surface area contributed by atoms with Gasteiger partial charge < -0.3 is 9.47 Å². The number of hydrogen-bond acceptors (Lipinski definition) is 7. The van der Waals surface area contributed by atoms with Gasteiger partial charge in [-0.25, -0.2) is 21.6 Å². The summed E-state index contributed by atoms with van der Waals surface area (Å²) in [6.07, 6.45) is 1.44. The van der Waals surface area contributed by atoms with Crippen LogP contribution in [0.3, 0.4) is 0 Å². The van der Waals surface area contributed by atoms with Crippen LogP contribution in [-0.2, 0) is 31.0 Å². The molecule has 1 unspecified atom stereocenters. The van der Waals surface area contributed by atoms with Crippen LogP contribution in [0.15, 0.2) is 82.6 Å². The maximum Gasteiger partial charge on any atom is 0.342 e. The van der Waals surface area contributed by atoms with Crippen LogP contribution in [0.5, 0.6) is 5.75 Å². The Morgan fingerprint density at radius 2 is 1.63 bits per heavy atom. The van der Waals surface area contributed by atoms with Gasteiger partial charge in [-0.05, 0) is 36.2 Å². The molecule has 9 heteroatoms. The number of carbonyl (C=O) groups excluding carboxylic acids is 1. The molecule has 0 fully saturated rings. The number of ether oxygens (including phenoxy) is 2. The first kappa shape index (κ1) is 24.9. The molecule has 1 heterocycles. The maximum atomic E-state index is 13.5. The monoisotopic (exact) mass is 514 g/mol. The van der Waals surface area contributed by atoms with E-state index in [2.05, 4.69) is 0 Å². The predicted molar refractivity (Wildman–Crippen MR) is 131 cm³/mol. The Balaban J connectivity index is 1.80. The number of sulfone groups is 2. The largest absolute Gasteiger partial charge is 0.492 e. The van der Waals surface area contributed by atoms with Gasteiger partial charge >= 0.3 is 5.97 Å². The Hall–Kier alpha value is -3.17. The van der Waals surface area contributed by atoms with E-state index in [9.17, 15) is 21.6 Å². The van der Waals surface area contributed by atoms with Gasteiger partial charge in [-0.3, -0.25) is 0 Å². The third kappa shape index (κ3) is 5.11. The minimum absolute atomic E-state index is 0.000817. The van der Waals surface area contributed by atoms with E-state index in [0.29, 0.717) is 6.42 Å². The third-order valence-corrected chi connectivity index (χ3v) is 9.90. The van der Waals surface area contributed by atoms with Crippen LogP contribution >= 0.6 is 0 Å². The van der Waals surface area contributed by atoms with Crippen molar-refractivity contribution in [2.45, 2.75) is 41.4 Å². The average Bonchev–Trinajstić information content (AvgIpc) is 3.15. The summed E-state index contributed by atoms with van der Waals surface area (Å²) in [5.74, 6) is -1.38. The van der Waals surface area contributed by atoms with Crippen LogP contribution in [0.4, 0.5) is 0 Å². The smallest absolute Gasteiger partial charge is 0.342 e. The molecule has 184 valence electrons. The van der Waals surface area contributed by atoms with Gasteiger partial charge in [0.05, 0.1) is 22.2 Å². The van der Waals surface area contributed by atoms with Crippen LogP contribution in [-0.4, -0.2) is 35.2 Å². The van der Waals surface area contributed by atoms with E-state index in [4.69, 9.17) is 9.47 Å². The summed E-state index contributed by atoms with van der Waals surface area (Å²) >= 11 is 0. The predicted octanol–water partition coefficient (Wildman–Crippen LogP) is 4.52. The summed E-state index contributed by atoms with van der Waals surface area (Å²) in [5.41, 5.74) is 0.780. The second-order valence-corrected chi connectivity index (χ2v) is 12.4. The molecular weight excluding hydrogens is 488 g/mol. The first-order valence-corrected chi connectivity index (χ1v) is 14.5. The van der Waals surface area contributed by atoms with E-state index in [1.807, 2.05) is 37.3 Å². The number of hydrogen-bond donors (Lipinski definition) is 0. The zero-order chi connectivity index (χ0) is 25.1. The lowest BCUT2D eigenvalue weighted by atomic mass is 10.1. The van der Waals surface area contributed by atoms with Crippen molar-refractivity contribution in [1.29, 1.82) is 0 Å². The molecule has 1 atom stereocenters. The first-order valence-electron chi connectivity index (χ1n) is 11.3. The van der Waals surface area contributed by atoms with Crippen LogP contribution in [0.2, 0.25) is 0 Å². The van der Waals surface area contributed by atoms with Gasteiger partial charge in [0, 0.05) is 5.56 Å². The lowest BCUT2D eigenvalue weighted by Crippen LogP contribution is -2.18. The van der Waals surface area contributed by atoms with Crippen LogP contribution in [0, 0.1) is 0 Å². The number of carbonyl (C=O) groups is 1. The minimum Gasteiger partial charge on any atom is -0.492 e. The van der Waals surface area contributed by atoms with E-state index in [0.717, 1.165) is 12.0 Å². The Morgan fingerprint density at radius 3 is 2.29 bits per heavy atom. The van der Waals surface area contributed by atoms with E-state index in [1.54, 1.807) is 18.2 Å². The van der Waals surface area contributed by atoms with E-state index in [1.165, 1.54) is 24.3 Å². The summed E-state index contributed by atoms with van der Waals surface area (Å²) in [6, 6.07) is 19.4. The molecule has 0 bridgehead atoms. The van der Waals surface area contributed by atoms with Crippen molar-refractivity contribution in [3.63, 3.8) is 0 Å². The molecule has 3 aromatic carbocycles. The molecule has 7 nitrogen and oxygen atoms in total. The maximum absolute atomic E-state index is 13.5. The summed E-state index contributed by atoms with van der Waals surface area (Å²) in [6.45, 7) is 2.17. The van der Waals surface area contributed by atoms with Gasteiger partial charge in [-0.15, -0.1) is 0 Å². The van der Waals surface area contributed by atoms with Crippen molar-refractivity contribution in [2.75, 3.05) is 12.4 Å². The van der Waals surface area contributed by atoms with Gasteiger partial charge in [0.25, 0.3) is 0 Å². The summed E-state index contributed by atoms with van der Waals surface area (Å²) in [7, 11) is -7.99. The second-order valence-electron chi connectivity index (χ2n) is 8.25.